The number of carbonyl (C=O) groups excluding carboxylic acids is 1. The minimum Gasteiger partial charge on any atom is -0.384 e. The van der Waals surface area contributed by atoms with Crippen LogP contribution in [0.2, 0.25) is 0 Å². The Morgan fingerprint density at radius 2 is 2.14 bits per heavy atom. The molecule has 3 N–H and O–H groups in total. The lowest BCUT2D eigenvalue weighted by atomic mass is 10.1. The van der Waals surface area contributed by atoms with Crippen LogP contribution < -0.4 is 11.1 Å². The summed E-state index contributed by atoms with van der Waals surface area (Å²) in [5.41, 5.74) is 8.94. The monoisotopic (exact) mass is 280 g/mol. The summed E-state index contributed by atoms with van der Waals surface area (Å²) in [6.45, 7) is 3.82. The zero-order valence-corrected chi connectivity index (χ0v) is 12.0. The van der Waals surface area contributed by atoms with Crippen molar-refractivity contribution >= 4 is 17.4 Å². The number of anilines is 2. The lowest BCUT2D eigenvalue weighted by Gasteiger charge is -2.10. The molecule has 1 amide bonds. The Kier molecular flexibility index (Phi) is 4.19. The van der Waals surface area contributed by atoms with Gasteiger partial charge in [0, 0.05) is 16.9 Å². The largest absolute Gasteiger partial charge is 0.384 e. The quantitative estimate of drug-likeness (QED) is 0.904. The first kappa shape index (κ1) is 14.5. The summed E-state index contributed by atoms with van der Waals surface area (Å²) in [5.74, 6) is 0.0546. The Morgan fingerprint density at radius 1 is 1.38 bits per heavy atom. The molecule has 0 bridgehead atoms. The molecule has 0 aliphatic carbocycles. The molecule has 21 heavy (non-hydrogen) atoms. The van der Waals surface area contributed by atoms with Gasteiger partial charge < -0.3 is 11.1 Å². The third-order valence-corrected chi connectivity index (χ3v) is 3.14. The average Bonchev–Trinajstić information content (AvgIpc) is 2.48. The van der Waals surface area contributed by atoms with Gasteiger partial charge in [0.05, 0.1) is 11.6 Å². The van der Waals surface area contributed by atoms with Gasteiger partial charge >= 0.3 is 0 Å². The molecule has 0 aliphatic heterocycles. The molecular formula is C16H16N4O. The van der Waals surface area contributed by atoms with Crippen LogP contribution in [-0.4, -0.2) is 10.9 Å². The van der Waals surface area contributed by atoms with E-state index in [-0.39, 0.29) is 5.91 Å². The van der Waals surface area contributed by atoms with Gasteiger partial charge in [0.2, 0.25) is 0 Å². The summed E-state index contributed by atoms with van der Waals surface area (Å²) in [5, 5.41) is 11.7. The first-order valence-electron chi connectivity index (χ1n) is 6.62. The minimum absolute atomic E-state index is 0.267. The number of amides is 1. The fourth-order valence-corrected chi connectivity index (χ4v) is 1.94. The van der Waals surface area contributed by atoms with Gasteiger partial charge in [-0.05, 0) is 43.2 Å². The number of carbonyl (C=O) groups is 1. The Labute approximate surface area is 123 Å². The van der Waals surface area contributed by atoms with E-state index < -0.39 is 0 Å². The summed E-state index contributed by atoms with van der Waals surface area (Å²) < 4.78 is 0. The molecule has 106 valence electrons. The number of aryl methyl sites for hydroxylation is 2. The molecule has 2 aromatic rings. The normalized spacial score (nSPS) is 9.95. The molecule has 5 heteroatoms. The molecule has 0 radical (unpaired) electrons. The van der Waals surface area contributed by atoms with Crippen LogP contribution in [0.15, 0.2) is 30.3 Å². The molecule has 0 fully saturated rings. The average molecular weight is 280 g/mol. The van der Waals surface area contributed by atoms with Crippen molar-refractivity contribution in [3.63, 3.8) is 0 Å². The number of nitrogens with zero attached hydrogens (tertiary/aromatic N) is 2. The van der Waals surface area contributed by atoms with E-state index in [1.54, 1.807) is 24.3 Å². The van der Waals surface area contributed by atoms with Crippen LogP contribution in [0.3, 0.4) is 0 Å². The molecule has 1 aromatic carbocycles. The van der Waals surface area contributed by atoms with Crippen molar-refractivity contribution in [2.45, 2.75) is 20.3 Å². The Balaban J connectivity index is 2.30. The van der Waals surface area contributed by atoms with E-state index >= 15 is 0 Å². The Morgan fingerprint density at radius 3 is 2.81 bits per heavy atom. The number of nitrogens with two attached hydrogens (primary N) is 1. The van der Waals surface area contributed by atoms with Gasteiger partial charge in [0.25, 0.3) is 5.91 Å². The molecule has 5 nitrogen and oxygen atoms in total. The van der Waals surface area contributed by atoms with Gasteiger partial charge in [0.1, 0.15) is 5.82 Å². The van der Waals surface area contributed by atoms with Gasteiger partial charge in [-0.25, -0.2) is 4.98 Å². The summed E-state index contributed by atoms with van der Waals surface area (Å²) in [4.78, 5) is 16.5. The minimum atomic E-state index is -0.267. The molecule has 0 unspecified atom stereocenters. The number of pyridine rings is 1. The Bertz CT molecular complexity index is 732. The highest BCUT2D eigenvalue weighted by atomic mass is 16.1. The number of nitriles is 1. The zero-order chi connectivity index (χ0) is 15.4. The van der Waals surface area contributed by atoms with Gasteiger partial charge in [-0.2, -0.15) is 5.26 Å². The fraction of sp³-hybridized carbons (Fsp3) is 0.188. The number of nitrogens with one attached hydrogen (secondary N) is 1. The van der Waals surface area contributed by atoms with Crippen molar-refractivity contribution in [2.24, 2.45) is 0 Å². The van der Waals surface area contributed by atoms with E-state index in [4.69, 9.17) is 11.0 Å². The van der Waals surface area contributed by atoms with Crippen molar-refractivity contribution in [1.29, 1.82) is 5.26 Å². The van der Waals surface area contributed by atoms with Crippen LogP contribution in [0.5, 0.6) is 0 Å². The zero-order valence-electron chi connectivity index (χ0n) is 12.0. The molecule has 0 atom stereocenters. The van der Waals surface area contributed by atoms with Gasteiger partial charge in [-0.1, -0.05) is 13.0 Å². The summed E-state index contributed by atoms with van der Waals surface area (Å²) in [6, 6.07) is 10.5. The van der Waals surface area contributed by atoms with E-state index in [1.165, 1.54) is 6.07 Å². The molecule has 2 rings (SSSR count). The highest BCUT2D eigenvalue weighted by molar-refractivity contribution is 6.05. The van der Waals surface area contributed by atoms with Gasteiger partial charge in [0.15, 0.2) is 0 Å². The molecule has 0 aliphatic rings. The molecule has 0 saturated heterocycles. The summed E-state index contributed by atoms with van der Waals surface area (Å²) in [6.07, 6.45) is 0.703. The lowest BCUT2D eigenvalue weighted by molar-refractivity contribution is 0.102. The first-order valence-corrected chi connectivity index (χ1v) is 6.62. The van der Waals surface area contributed by atoms with Crippen LogP contribution >= 0.6 is 0 Å². The van der Waals surface area contributed by atoms with Crippen LogP contribution in [0.1, 0.15) is 34.1 Å². The standard InChI is InChI=1S/C16H16N4O/c1-3-13-7-12(8-15(18)19-13)16(21)20-14-6-11(9-17)5-4-10(14)2/h4-8H,3H2,1-2H3,(H2,18,19)(H,20,21). The van der Waals surface area contributed by atoms with E-state index in [2.05, 4.69) is 16.4 Å². The molecule has 1 heterocycles. The summed E-state index contributed by atoms with van der Waals surface area (Å²) in [7, 11) is 0. The van der Waals surface area contributed by atoms with Crippen LogP contribution in [0.4, 0.5) is 11.5 Å². The lowest BCUT2D eigenvalue weighted by Crippen LogP contribution is -2.14. The maximum atomic E-state index is 12.3. The van der Waals surface area contributed by atoms with Crippen molar-refractivity contribution in [3.05, 3.63) is 52.7 Å². The fourth-order valence-electron chi connectivity index (χ4n) is 1.94. The summed E-state index contributed by atoms with van der Waals surface area (Å²) >= 11 is 0. The topological polar surface area (TPSA) is 91.8 Å². The Hall–Kier alpha value is -2.87. The molecular weight excluding hydrogens is 264 g/mol. The maximum Gasteiger partial charge on any atom is 0.255 e. The predicted molar refractivity (Wildman–Crippen MR) is 81.9 cm³/mol. The van der Waals surface area contributed by atoms with Crippen molar-refractivity contribution in [2.75, 3.05) is 11.1 Å². The molecule has 0 spiro atoms. The van der Waals surface area contributed by atoms with Crippen LogP contribution in [0.25, 0.3) is 0 Å². The maximum absolute atomic E-state index is 12.3. The second-order valence-electron chi connectivity index (χ2n) is 4.72. The van der Waals surface area contributed by atoms with E-state index in [0.717, 1.165) is 11.3 Å². The van der Waals surface area contributed by atoms with Crippen molar-refractivity contribution < 1.29 is 4.79 Å². The number of benzene rings is 1. The number of rotatable bonds is 3. The second-order valence-corrected chi connectivity index (χ2v) is 4.72. The van der Waals surface area contributed by atoms with Gasteiger partial charge in [-0.15, -0.1) is 0 Å². The molecule has 0 saturated carbocycles. The number of aromatic nitrogens is 1. The highest BCUT2D eigenvalue weighted by Gasteiger charge is 2.10. The predicted octanol–water partition coefficient (Wildman–Crippen LogP) is 2.66. The number of hydrogen-bond acceptors (Lipinski definition) is 4. The van der Waals surface area contributed by atoms with E-state index in [1.807, 2.05) is 13.8 Å². The highest BCUT2D eigenvalue weighted by Crippen LogP contribution is 2.18. The number of hydrogen-bond donors (Lipinski definition) is 2. The number of nitrogen functional groups attached to an aromatic ring is 1. The van der Waals surface area contributed by atoms with Gasteiger partial charge in [-0.3, -0.25) is 4.79 Å². The van der Waals surface area contributed by atoms with Crippen molar-refractivity contribution in [1.82, 2.24) is 4.98 Å². The third-order valence-electron chi connectivity index (χ3n) is 3.14. The van der Waals surface area contributed by atoms with E-state index in [9.17, 15) is 4.79 Å². The van der Waals surface area contributed by atoms with Crippen LogP contribution in [0, 0.1) is 18.3 Å². The SMILES string of the molecule is CCc1cc(C(=O)Nc2cc(C#N)ccc2C)cc(N)n1. The third kappa shape index (κ3) is 3.37. The first-order chi connectivity index (χ1) is 10.0. The smallest absolute Gasteiger partial charge is 0.255 e. The second kappa shape index (κ2) is 6.06. The van der Waals surface area contributed by atoms with Crippen molar-refractivity contribution in [3.8, 4) is 6.07 Å². The van der Waals surface area contributed by atoms with Crippen LogP contribution in [-0.2, 0) is 6.42 Å². The van der Waals surface area contributed by atoms with E-state index in [0.29, 0.717) is 29.1 Å². The molecule has 1 aromatic heterocycles.